The molecule has 1 aromatic rings. The highest BCUT2D eigenvalue weighted by Gasteiger charge is 2.45. The van der Waals surface area contributed by atoms with Crippen molar-refractivity contribution < 1.29 is 4.79 Å². The molecule has 1 unspecified atom stereocenters. The Morgan fingerprint density at radius 2 is 2.09 bits per heavy atom. The Bertz CT molecular complexity index is 1060. The highest BCUT2D eigenvalue weighted by Crippen LogP contribution is 2.39. The molecule has 0 aromatic heterocycles. The Labute approximate surface area is 189 Å². The summed E-state index contributed by atoms with van der Waals surface area (Å²) in [5.41, 5.74) is 7.74. The summed E-state index contributed by atoms with van der Waals surface area (Å²) in [4.78, 5) is 24.1. The average Bonchev–Trinajstić information content (AvgIpc) is 3.32. The number of hydrogen-bond acceptors (Lipinski definition) is 5. The van der Waals surface area contributed by atoms with Gasteiger partial charge in [0, 0.05) is 24.8 Å². The molecule has 1 N–H and O–H groups in total. The SMILES string of the molecule is CC(C)N1Cc2cc(N=C3NN([C@H]4CCCC[C@@H]4C#N)C4=CC=NC(=O)C43)ccc2[C@H]1C. The van der Waals surface area contributed by atoms with E-state index in [9.17, 15) is 10.1 Å². The molecule has 5 rings (SSSR count). The number of nitriles is 1. The minimum atomic E-state index is -0.527. The summed E-state index contributed by atoms with van der Waals surface area (Å²) in [5, 5.41) is 11.7. The van der Waals surface area contributed by atoms with Gasteiger partial charge in [0.1, 0.15) is 11.8 Å². The molecule has 1 saturated carbocycles. The molecule has 4 atom stereocenters. The van der Waals surface area contributed by atoms with Crippen molar-refractivity contribution in [2.45, 2.75) is 71.1 Å². The Hall–Kier alpha value is -2.98. The van der Waals surface area contributed by atoms with Gasteiger partial charge in [0.05, 0.1) is 29.4 Å². The Balaban J connectivity index is 1.47. The van der Waals surface area contributed by atoms with Gasteiger partial charge in [0.15, 0.2) is 0 Å². The molecule has 166 valence electrons. The zero-order chi connectivity index (χ0) is 22.4. The van der Waals surface area contributed by atoms with E-state index in [1.807, 2.05) is 17.2 Å². The normalized spacial score (nSPS) is 30.8. The molecule has 1 saturated heterocycles. The van der Waals surface area contributed by atoms with Crippen LogP contribution in [0.3, 0.4) is 0 Å². The molecule has 0 spiro atoms. The lowest BCUT2D eigenvalue weighted by molar-refractivity contribution is -0.119. The molecule has 1 aliphatic carbocycles. The highest BCUT2D eigenvalue weighted by atomic mass is 16.1. The fourth-order valence-corrected chi connectivity index (χ4v) is 5.64. The van der Waals surface area contributed by atoms with Crippen LogP contribution in [-0.4, -0.2) is 39.9 Å². The van der Waals surface area contributed by atoms with Crippen molar-refractivity contribution in [1.82, 2.24) is 15.3 Å². The number of fused-ring (bicyclic) bond motifs is 2. The minimum Gasteiger partial charge on any atom is -0.290 e. The summed E-state index contributed by atoms with van der Waals surface area (Å²) in [6.45, 7) is 7.61. The van der Waals surface area contributed by atoms with Crippen LogP contribution in [0.1, 0.15) is 63.6 Å². The molecule has 1 amide bonds. The first kappa shape index (κ1) is 20.9. The van der Waals surface area contributed by atoms with Gasteiger partial charge in [-0.2, -0.15) is 5.26 Å². The van der Waals surface area contributed by atoms with Gasteiger partial charge in [0.25, 0.3) is 5.91 Å². The number of hydrazine groups is 1. The Morgan fingerprint density at radius 3 is 2.88 bits per heavy atom. The number of allylic oxidation sites excluding steroid dienone is 1. The number of amides is 1. The van der Waals surface area contributed by atoms with Gasteiger partial charge in [-0.25, -0.2) is 9.98 Å². The number of amidine groups is 1. The number of nitrogens with one attached hydrogen (secondary N) is 1. The number of nitrogens with zero attached hydrogens (tertiary/aromatic N) is 5. The third kappa shape index (κ3) is 3.43. The van der Waals surface area contributed by atoms with Gasteiger partial charge in [-0.3, -0.25) is 20.1 Å². The fraction of sp³-hybridized carbons (Fsp3) is 0.520. The van der Waals surface area contributed by atoms with E-state index >= 15 is 0 Å². The second-order valence-corrected chi connectivity index (χ2v) is 9.53. The molecule has 1 aromatic carbocycles. The lowest BCUT2D eigenvalue weighted by atomic mass is 9.84. The largest absolute Gasteiger partial charge is 0.290 e. The van der Waals surface area contributed by atoms with E-state index in [1.165, 1.54) is 11.1 Å². The number of rotatable bonds is 3. The number of aliphatic imine (C=N–C) groups is 2. The third-order valence-electron chi connectivity index (χ3n) is 7.34. The second kappa shape index (κ2) is 8.18. The molecular formula is C25H30N6O. The summed E-state index contributed by atoms with van der Waals surface area (Å²) < 4.78 is 0. The average molecular weight is 431 g/mol. The Kier molecular flexibility index (Phi) is 5.34. The molecule has 2 fully saturated rings. The highest BCUT2D eigenvalue weighted by molar-refractivity contribution is 6.12. The van der Waals surface area contributed by atoms with E-state index in [0.29, 0.717) is 17.9 Å². The second-order valence-electron chi connectivity index (χ2n) is 9.53. The van der Waals surface area contributed by atoms with Crippen molar-refractivity contribution in [3.63, 3.8) is 0 Å². The molecule has 3 aliphatic heterocycles. The summed E-state index contributed by atoms with van der Waals surface area (Å²) in [5.74, 6) is -0.191. The van der Waals surface area contributed by atoms with E-state index < -0.39 is 5.92 Å². The van der Waals surface area contributed by atoms with Crippen LogP contribution in [0.2, 0.25) is 0 Å². The van der Waals surface area contributed by atoms with Crippen LogP contribution >= 0.6 is 0 Å². The van der Waals surface area contributed by atoms with Crippen LogP contribution in [0.5, 0.6) is 0 Å². The van der Waals surface area contributed by atoms with Gasteiger partial charge < -0.3 is 0 Å². The van der Waals surface area contributed by atoms with E-state index in [0.717, 1.165) is 43.6 Å². The first-order valence-corrected chi connectivity index (χ1v) is 11.7. The van der Waals surface area contributed by atoms with Gasteiger partial charge in [0.2, 0.25) is 0 Å². The quantitative estimate of drug-likeness (QED) is 0.783. The lowest BCUT2D eigenvalue weighted by Crippen LogP contribution is -2.46. The predicted octanol–water partition coefficient (Wildman–Crippen LogP) is 4.02. The van der Waals surface area contributed by atoms with Crippen LogP contribution in [0.4, 0.5) is 5.69 Å². The number of carbonyl (C=O) groups excluding carboxylic acids is 1. The molecule has 7 heteroatoms. The molecule has 3 heterocycles. The molecule has 4 aliphatic rings. The monoisotopic (exact) mass is 430 g/mol. The fourth-order valence-electron chi connectivity index (χ4n) is 5.64. The number of benzene rings is 1. The summed E-state index contributed by atoms with van der Waals surface area (Å²) in [6.07, 6.45) is 7.43. The molecule has 7 nitrogen and oxygen atoms in total. The smallest absolute Gasteiger partial charge is 0.262 e. The third-order valence-corrected chi connectivity index (χ3v) is 7.34. The maximum absolute atomic E-state index is 12.7. The van der Waals surface area contributed by atoms with E-state index in [-0.39, 0.29) is 17.9 Å². The summed E-state index contributed by atoms with van der Waals surface area (Å²) in [7, 11) is 0. The minimum absolute atomic E-state index is 0.0370. The zero-order valence-corrected chi connectivity index (χ0v) is 19.0. The maximum atomic E-state index is 12.7. The van der Waals surface area contributed by atoms with Crippen molar-refractivity contribution in [3.8, 4) is 6.07 Å². The van der Waals surface area contributed by atoms with E-state index in [2.05, 4.69) is 54.3 Å². The molecule has 32 heavy (non-hydrogen) atoms. The van der Waals surface area contributed by atoms with Crippen LogP contribution in [0.25, 0.3) is 0 Å². The molecule has 0 radical (unpaired) electrons. The number of dihydropyridines is 1. The van der Waals surface area contributed by atoms with Crippen LogP contribution in [0.15, 0.2) is 40.0 Å². The number of carbonyl (C=O) groups is 1. The molecular weight excluding hydrogens is 400 g/mol. The summed E-state index contributed by atoms with van der Waals surface area (Å²) in [6, 6.07) is 9.73. The van der Waals surface area contributed by atoms with Crippen LogP contribution < -0.4 is 5.43 Å². The standard InChI is InChI=1S/C25H30N6O/c1-15(2)30-14-18-12-19(8-9-20(18)16(30)3)28-24-23-22(10-11-27-25(23)32)31(29-24)21-7-5-4-6-17(21)13-26/h8-12,15-17,21,23H,4-7,14H2,1-3H3,(H,28,29)/t16-,17-,21+,23?/m1/s1. The van der Waals surface area contributed by atoms with E-state index in [1.54, 1.807) is 6.21 Å². The van der Waals surface area contributed by atoms with Gasteiger partial charge in [-0.05, 0) is 62.9 Å². The van der Waals surface area contributed by atoms with Crippen molar-refractivity contribution in [2.75, 3.05) is 0 Å². The zero-order valence-electron chi connectivity index (χ0n) is 19.0. The van der Waals surface area contributed by atoms with Crippen molar-refractivity contribution in [1.29, 1.82) is 5.26 Å². The van der Waals surface area contributed by atoms with Crippen LogP contribution in [-0.2, 0) is 11.3 Å². The maximum Gasteiger partial charge on any atom is 0.262 e. The summed E-state index contributed by atoms with van der Waals surface area (Å²) >= 11 is 0. The Morgan fingerprint density at radius 1 is 1.28 bits per heavy atom. The van der Waals surface area contributed by atoms with Crippen molar-refractivity contribution >= 4 is 23.6 Å². The van der Waals surface area contributed by atoms with Gasteiger partial charge >= 0.3 is 0 Å². The van der Waals surface area contributed by atoms with E-state index in [4.69, 9.17) is 4.99 Å². The lowest BCUT2D eigenvalue weighted by Gasteiger charge is -2.36. The van der Waals surface area contributed by atoms with Gasteiger partial charge in [-0.1, -0.05) is 18.9 Å². The van der Waals surface area contributed by atoms with Crippen molar-refractivity contribution in [2.24, 2.45) is 21.8 Å². The van der Waals surface area contributed by atoms with Crippen molar-refractivity contribution in [3.05, 3.63) is 41.1 Å². The first-order valence-electron chi connectivity index (χ1n) is 11.7. The van der Waals surface area contributed by atoms with Gasteiger partial charge in [-0.15, -0.1) is 0 Å². The topological polar surface area (TPSA) is 84.1 Å². The molecule has 0 bridgehead atoms. The first-order chi connectivity index (χ1) is 15.5. The van der Waals surface area contributed by atoms with Crippen LogP contribution in [0, 0.1) is 23.2 Å². The predicted molar refractivity (Wildman–Crippen MR) is 124 cm³/mol. The number of hydrogen-bond donors (Lipinski definition) is 1.